The van der Waals surface area contributed by atoms with Crippen LogP contribution in [0, 0.1) is 0 Å². The number of sulfone groups is 2. The fourth-order valence-corrected chi connectivity index (χ4v) is 5.35. The summed E-state index contributed by atoms with van der Waals surface area (Å²) in [6.45, 7) is 0. The van der Waals surface area contributed by atoms with Crippen molar-refractivity contribution in [2.24, 2.45) is 0 Å². The molecule has 0 atom stereocenters. The lowest BCUT2D eigenvalue weighted by atomic mass is 10.1. The Labute approximate surface area is 160 Å². The molecular formula is C12H8F12O4S2. The van der Waals surface area contributed by atoms with Crippen molar-refractivity contribution in [2.75, 3.05) is 0 Å². The average Bonchev–Trinajstić information content (AvgIpc) is 2.42. The Morgan fingerprint density at radius 2 is 0.833 bits per heavy atom. The van der Waals surface area contributed by atoms with Crippen molar-refractivity contribution in [1.29, 1.82) is 0 Å². The van der Waals surface area contributed by atoms with Crippen LogP contribution in [0.3, 0.4) is 0 Å². The first-order valence-electron chi connectivity index (χ1n) is 6.33. The largest absolute Gasteiger partial charge is 0.499 e. The van der Waals surface area contributed by atoms with E-state index in [9.17, 15) is 69.5 Å². The third-order valence-electron chi connectivity index (χ3n) is 3.09. The zero-order valence-electron chi connectivity index (χ0n) is 12.8. The molecule has 0 radical (unpaired) electrons. The van der Waals surface area contributed by atoms with Crippen molar-refractivity contribution in [3.63, 3.8) is 0 Å². The van der Waals surface area contributed by atoms with Crippen LogP contribution in [0.5, 0.6) is 0 Å². The molecular weight excluding hydrogens is 500 g/mol. The van der Waals surface area contributed by atoms with Crippen LogP contribution >= 0.6 is 0 Å². The van der Waals surface area contributed by atoms with Crippen molar-refractivity contribution in [3.8, 4) is 0 Å². The van der Waals surface area contributed by atoms with Gasteiger partial charge in [0, 0.05) is 0 Å². The van der Waals surface area contributed by atoms with E-state index in [0.29, 0.717) is 0 Å². The maximum Gasteiger partial charge on any atom is 0.499 e. The molecule has 0 spiro atoms. The van der Waals surface area contributed by atoms with Gasteiger partial charge in [-0.2, -0.15) is 52.7 Å². The van der Waals surface area contributed by atoms with E-state index in [-0.39, 0.29) is 7.43 Å². The van der Waals surface area contributed by atoms with E-state index >= 15 is 0 Å². The first-order valence-corrected chi connectivity index (χ1v) is 9.43. The van der Waals surface area contributed by atoms with Crippen molar-refractivity contribution >= 4 is 19.7 Å². The molecule has 0 saturated heterocycles. The minimum atomic E-state index is -7.50. The number of hydrogen-bond acceptors (Lipinski definition) is 4. The van der Waals surface area contributed by atoms with Gasteiger partial charge >= 0.3 is 23.4 Å². The molecule has 1 aromatic carbocycles. The first kappa shape index (κ1) is 28.3. The van der Waals surface area contributed by atoms with E-state index in [1.54, 1.807) is 0 Å². The molecule has 1 aromatic rings. The van der Waals surface area contributed by atoms with Gasteiger partial charge in [-0.05, 0) is 23.8 Å². The minimum Gasteiger partial charge on any atom is -0.218 e. The highest BCUT2D eigenvalue weighted by atomic mass is 32.3. The minimum absolute atomic E-state index is 0. The lowest BCUT2D eigenvalue weighted by molar-refractivity contribution is -0.143. The quantitative estimate of drug-likeness (QED) is 0.525. The summed E-state index contributed by atoms with van der Waals surface area (Å²) >= 11 is 0. The van der Waals surface area contributed by atoms with E-state index in [4.69, 9.17) is 0 Å². The molecule has 0 fully saturated rings. The molecule has 4 nitrogen and oxygen atoms in total. The van der Waals surface area contributed by atoms with Crippen LogP contribution in [0.1, 0.15) is 28.7 Å². The standard InChI is InChI=1S/C11H4F12O4S2.CH4/c12-8(13,14)5-1-4(2-6(3-5)9(15,16)17)7(28(24,25)10(18,19)20)29(26,27)11(21,22)23;/h1-3,7H;1H4. The molecule has 0 aromatic heterocycles. The van der Waals surface area contributed by atoms with Gasteiger partial charge in [-0.3, -0.25) is 0 Å². The van der Waals surface area contributed by atoms with Crippen LogP contribution in [0.2, 0.25) is 0 Å². The first-order chi connectivity index (χ1) is 12.4. The number of alkyl halides is 12. The zero-order valence-corrected chi connectivity index (χ0v) is 14.4. The summed E-state index contributed by atoms with van der Waals surface area (Å²) in [5.41, 5.74) is -21.1. The van der Waals surface area contributed by atoms with Gasteiger partial charge in [-0.15, -0.1) is 0 Å². The monoisotopic (exact) mass is 508 g/mol. The Hall–Kier alpha value is -1.72. The van der Waals surface area contributed by atoms with Crippen molar-refractivity contribution in [1.82, 2.24) is 0 Å². The van der Waals surface area contributed by atoms with Gasteiger partial charge in [0.25, 0.3) is 19.7 Å². The highest BCUT2D eigenvalue weighted by Gasteiger charge is 2.63. The molecule has 176 valence electrons. The van der Waals surface area contributed by atoms with Gasteiger partial charge in [-0.25, -0.2) is 16.8 Å². The number of halogens is 12. The summed E-state index contributed by atoms with van der Waals surface area (Å²) in [5, 5.41) is 0. The van der Waals surface area contributed by atoms with Crippen LogP contribution in [0.25, 0.3) is 0 Å². The normalized spacial score (nSPS) is 14.6. The number of rotatable bonds is 3. The summed E-state index contributed by atoms with van der Waals surface area (Å²) < 4.78 is 193. The van der Waals surface area contributed by atoms with Crippen molar-refractivity contribution in [2.45, 2.75) is 35.4 Å². The van der Waals surface area contributed by atoms with Crippen LogP contribution in [-0.4, -0.2) is 27.9 Å². The van der Waals surface area contributed by atoms with E-state index in [2.05, 4.69) is 0 Å². The van der Waals surface area contributed by atoms with E-state index < -0.39 is 82.5 Å². The van der Waals surface area contributed by atoms with Crippen molar-refractivity contribution < 1.29 is 69.5 Å². The fraction of sp³-hybridized carbons (Fsp3) is 0.500. The second-order valence-electron chi connectivity index (χ2n) is 5.15. The second kappa shape index (κ2) is 7.76. The zero-order chi connectivity index (χ0) is 23.4. The molecule has 0 saturated carbocycles. The Bertz CT molecular complexity index is 906. The lowest BCUT2D eigenvalue weighted by Gasteiger charge is -2.23. The third kappa shape index (κ3) is 5.30. The van der Waals surface area contributed by atoms with Crippen LogP contribution < -0.4 is 0 Å². The van der Waals surface area contributed by atoms with Gasteiger partial charge in [0.2, 0.25) is 4.58 Å². The molecule has 30 heavy (non-hydrogen) atoms. The summed E-state index contributed by atoms with van der Waals surface area (Å²) in [6.07, 6.45) is -11.6. The number of hydrogen-bond donors (Lipinski definition) is 0. The molecule has 18 heteroatoms. The van der Waals surface area contributed by atoms with Gasteiger partial charge in [0.15, 0.2) is 0 Å². The highest BCUT2D eigenvalue weighted by molar-refractivity contribution is 8.09. The molecule has 0 amide bonds. The molecule has 1 rings (SSSR count). The van der Waals surface area contributed by atoms with E-state index in [0.717, 1.165) is 0 Å². The molecule has 0 aliphatic rings. The molecule has 0 aliphatic carbocycles. The lowest BCUT2D eigenvalue weighted by Crippen LogP contribution is -2.39. The van der Waals surface area contributed by atoms with Crippen LogP contribution in [0.15, 0.2) is 18.2 Å². The maximum absolute atomic E-state index is 12.7. The Balaban J connectivity index is 0.00000841. The Kier molecular flexibility index (Phi) is 7.31. The fourth-order valence-electron chi connectivity index (χ4n) is 1.88. The van der Waals surface area contributed by atoms with Crippen LogP contribution in [-0.2, 0) is 32.0 Å². The topological polar surface area (TPSA) is 68.3 Å². The molecule has 0 N–H and O–H groups in total. The Morgan fingerprint density at radius 3 is 1.03 bits per heavy atom. The summed E-state index contributed by atoms with van der Waals surface area (Å²) in [4.78, 5) is 0. The molecule has 0 heterocycles. The van der Waals surface area contributed by atoms with Gasteiger partial charge in [0.05, 0.1) is 11.1 Å². The van der Waals surface area contributed by atoms with Gasteiger partial charge in [-0.1, -0.05) is 7.43 Å². The highest BCUT2D eigenvalue weighted by Crippen LogP contribution is 2.47. The summed E-state index contributed by atoms with van der Waals surface area (Å²) in [7, 11) is -15.0. The molecule has 0 aliphatic heterocycles. The average molecular weight is 508 g/mol. The summed E-state index contributed by atoms with van der Waals surface area (Å²) in [5.74, 6) is 0. The molecule has 0 bridgehead atoms. The Morgan fingerprint density at radius 1 is 0.567 bits per heavy atom. The van der Waals surface area contributed by atoms with E-state index in [1.807, 2.05) is 0 Å². The molecule has 0 unspecified atom stereocenters. The third-order valence-corrected chi connectivity index (χ3v) is 7.57. The van der Waals surface area contributed by atoms with E-state index in [1.165, 1.54) is 0 Å². The second-order valence-corrected chi connectivity index (χ2v) is 9.50. The SMILES string of the molecule is C.O=S(=O)(C(c1cc(C(F)(F)F)cc(C(F)(F)F)c1)S(=O)(=O)C(F)(F)F)C(F)(F)F. The predicted octanol–water partition coefficient (Wildman–Crippen LogP) is 5.23. The van der Waals surface area contributed by atoms with Gasteiger partial charge < -0.3 is 0 Å². The van der Waals surface area contributed by atoms with Crippen LogP contribution in [0.4, 0.5) is 52.7 Å². The predicted molar refractivity (Wildman–Crippen MR) is 75.9 cm³/mol. The smallest absolute Gasteiger partial charge is 0.218 e. The number of benzene rings is 1. The van der Waals surface area contributed by atoms with Gasteiger partial charge in [0.1, 0.15) is 0 Å². The maximum atomic E-state index is 12.7. The summed E-state index contributed by atoms with van der Waals surface area (Å²) in [6, 6.07) is -2.46. The van der Waals surface area contributed by atoms with Crippen molar-refractivity contribution in [3.05, 3.63) is 34.9 Å².